The number of halogens is 1. The van der Waals surface area contributed by atoms with Crippen molar-refractivity contribution in [3.8, 4) is 5.75 Å². The lowest BCUT2D eigenvalue weighted by atomic mass is 10.1. The smallest absolute Gasteiger partial charge is 0.122 e. The number of benzene rings is 1. The van der Waals surface area contributed by atoms with Gasteiger partial charge in [0.05, 0.1) is 6.61 Å². The average molecular weight is 229 g/mol. The molecule has 0 spiro atoms. The van der Waals surface area contributed by atoms with Gasteiger partial charge in [-0.2, -0.15) is 0 Å². The quantitative estimate of drug-likeness (QED) is 0.811. The van der Waals surface area contributed by atoms with Crippen molar-refractivity contribution in [2.24, 2.45) is 0 Å². The highest BCUT2D eigenvalue weighted by Crippen LogP contribution is 2.24. The van der Waals surface area contributed by atoms with Crippen LogP contribution >= 0.6 is 11.6 Å². The Balaban J connectivity index is 2.73. The highest BCUT2D eigenvalue weighted by atomic mass is 35.5. The van der Waals surface area contributed by atoms with Gasteiger partial charge >= 0.3 is 0 Å². The second-order valence-electron chi connectivity index (χ2n) is 3.43. The van der Waals surface area contributed by atoms with Crippen molar-refractivity contribution in [3.05, 3.63) is 28.8 Å². The summed E-state index contributed by atoms with van der Waals surface area (Å²) in [7, 11) is 0. The second kappa shape index (κ2) is 6.70. The molecule has 0 aliphatic carbocycles. The van der Waals surface area contributed by atoms with Crippen molar-refractivity contribution < 1.29 is 9.84 Å². The molecule has 0 atom stereocenters. The minimum absolute atomic E-state index is 0.0375. The van der Waals surface area contributed by atoms with Gasteiger partial charge < -0.3 is 9.84 Å². The van der Waals surface area contributed by atoms with Gasteiger partial charge in [-0.05, 0) is 36.6 Å². The van der Waals surface area contributed by atoms with Gasteiger partial charge in [-0.1, -0.05) is 24.9 Å². The van der Waals surface area contributed by atoms with Crippen LogP contribution in [0.5, 0.6) is 5.75 Å². The predicted octanol–water partition coefficient (Wildman–Crippen LogP) is 3.05. The maximum Gasteiger partial charge on any atom is 0.122 e. The first-order valence-corrected chi connectivity index (χ1v) is 5.67. The van der Waals surface area contributed by atoms with Gasteiger partial charge in [-0.25, -0.2) is 0 Å². The van der Waals surface area contributed by atoms with E-state index in [0.717, 1.165) is 35.6 Å². The zero-order chi connectivity index (χ0) is 11.1. The Morgan fingerprint density at radius 3 is 2.87 bits per heavy atom. The van der Waals surface area contributed by atoms with E-state index in [4.69, 9.17) is 21.4 Å². The first-order chi connectivity index (χ1) is 7.27. The first kappa shape index (κ1) is 12.3. The van der Waals surface area contributed by atoms with E-state index < -0.39 is 0 Å². The standard InChI is InChI=1S/C12H17ClO2/c1-2-3-4-10-9-11(13)5-6-12(10)15-8-7-14/h5-6,9,14H,2-4,7-8H2,1H3. The number of ether oxygens (including phenoxy) is 1. The Morgan fingerprint density at radius 2 is 2.20 bits per heavy atom. The van der Waals surface area contributed by atoms with E-state index in [9.17, 15) is 0 Å². The summed E-state index contributed by atoms with van der Waals surface area (Å²) < 4.78 is 5.43. The molecule has 0 heterocycles. The van der Waals surface area contributed by atoms with Crippen LogP contribution in [0.25, 0.3) is 0 Å². The molecule has 0 amide bonds. The van der Waals surface area contributed by atoms with E-state index >= 15 is 0 Å². The molecule has 1 aromatic rings. The summed E-state index contributed by atoms with van der Waals surface area (Å²) in [5.74, 6) is 0.835. The lowest BCUT2D eigenvalue weighted by molar-refractivity contribution is 0.200. The molecule has 1 rings (SSSR count). The average Bonchev–Trinajstić information content (AvgIpc) is 2.25. The van der Waals surface area contributed by atoms with Crippen LogP contribution in [0.4, 0.5) is 0 Å². The normalized spacial score (nSPS) is 10.3. The fraction of sp³-hybridized carbons (Fsp3) is 0.500. The molecule has 0 aliphatic rings. The van der Waals surface area contributed by atoms with Crippen LogP contribution in [0.1, 0.15) is 25.3 Å². The molecule has 0 aliphatic heterocycles. The summed E-state index contributed by atoms with van der Waals surface area (Å²) in [4.78, 5) is 0. The van der Waals surface area contributed by atoms with Gasteiger partial charge in [0.25, 0.3) is 0 Å². The van der Waals surface area contributed by atoms with E-state index in [1.165, 1.54) is 0 Å². The molecule has 2 nitrogen and oxygen atoms in total. The molecule has 0 radical (unpaired) electrons. The molecule has 0 fully saturated rings. The lowest BCUT2D eigenvalue weighted by Gasteiger charge is -2.10. The summed E-state index contributed by atoms with van der Waals surface area (Å²) >= 11 is 5.92. The zero-order valence-corrected chi connectivity index (χ0v) is 9.76. The summed E-state index contributed by atoms with van der Waals surface area (Å²) in [6.45, 7) is 2.52. The molecule has 3 heteroatoms. The van der Waals surface area contributed by atoms with Crippen molar-refractivity contribution in [1.82, 2.24) is 0 Å². The van der Waals surface area contributed by atoms with Crippen LogP contribution in [0.15, 0.2) is 18.2 Å². The molecule has 0 aromatic heterocycles. The minimum Gasteiger partial charge on any atom is -0.491 e. The first-order valence-electron chi connectivity index (χ1n) is 5.30. The molecule has 1 aromatic carbocycles. The summed E-state index contributed by atoms with van der Waals surface area (Å²) in [5.41, 5.74) is 1.12. The largest absolute Gasteiger partial charge is 0.491 e. The van der Waals surface area contributed by atoms with Crippen LogP contribution in [0.2, 0.25) is 5.02 Å². The third-order valence-electron chi connectivity index (χ3n) is 2.17. The topological polar surface area (TPSA) is 29.5 Å². The molecule has 1 N–H and O–H groups in total. The van der Waals surface area contributed by atoms with Crippen LogP contribution in [0.3, 0.4) is 0 Å². The maximum absolute atomic E-state index is 8.70. The Kier molecular flexibility index (Phi) is 5.51. The summed E-state index contributed by atoms with van der Waals surface area (Å²) in [6.07, 6.45) is 3.24. The highest BCUT2D eigenvalue weighted by Gasteiger charge is 2.04. The monoisotopic (exact) mass is 228 g/mol. The molecule has 84 valence electrons. The second-order valence-corrected chi connectivity index (χ2v) is 3.86. The molecule has 15 heavy (non-hydrogen) atoms. The molecular formula is C12H17ClO2. The Hall–Kier alpha value is -0.730. The van der Waals surface area contributed by atoms with Crippen molar-refractivity contribution in [3.63, 3.8) is 0 Å². The van der Waals surface area contributed by atoms with E-state index in [1.54, 1.807) is 0 Å². The third-order valence-corrected chi connectivity index (χ3v) is 2.41. The number of hydrogen-bond donors (Lipinski definition) is 1. The number of aliphatic hydroxyl groups excluding tert-OH is 1. The van der Waals surface area contributed by atoms with Crippen molar-refractivity contribution in [2.75, 3.05) is 13.2 Å². The van der Waals surface area contributed by atoms with Gasteiger partial charge in [0.1, 0.15) is 12.4 Å². The van der Waals surface area contributed by atoms with E-state index in [1.807, 2.05) is 18.2 Å². The fourth-order valence-electron chi connectivity index (χ4n) is 1.41. The van der Waals surface area contributed by atoms with Gasteiger partial charge in [0.2, 0.25) is 0 Å². The third kappa shape index (κ3) is 4.10. The summed E-state index contributed by atoms with van der Waals surface area (Å²) in [5, 5.41) is 9.43. The van der Waals surface area contributed by atoms with Crippen LogP contribution in [0, 0.1) is 0 Å². The molecule has 0 saturated heterocycles. The lowest BCUT2D eigenvalue weighted by Crippen LogP contribution is -2.03. The Labute approximate surface area is 95.8 Å². The zero-order valence-electron chi connectivity index (χ0n) is 9.00. The number of unbranched alkanes of at least 4 members (excludes halogenated alkanes) is 1. The Bertz CT molecular complexity index is 300. The van der Waals surface area contributed by atoms with E-state index in [2.05, 4.69) is 6.92 Å². The summed E-state index contributed by atoms with van der Waals surface area (Å²) in [6, 6.07) is 5.61. The predicted molar refractivity (Wildman–Crippen MR) is 62.6 cm³/mol. The van der Waals surface area contributed by atoms with E-state index in [-0.39, 0.29) is 6.61 Å². The van der Waals surface area contributed by atoms with Crippen molar-refractivity contribution in [1.29, 1.82) is 0 Å². The number of rotatable bonds is 6. The maximum atomic E-state index is 8.70. The molecule has 0 bridgehead atoms. The number of aliphatic hydroxyl groups is 1. The van der Waals surface area contributed by atoms with Crippen LogP contribution in [-0.2, 0) is 6.42 Å². The van der Waals surface area contributed by atoms with Gasteiger partial charge in [-0.3, -0.25) is 0 Å². The number of hydrogen-bond acceptors (Lipinski definition) is 2. The molecular weight excluding hydrogens is 212 g/mol. The fourth-order valence-corrected chi connectivity index (χ4v) is 1.60. The van der Waals surface area contributed by atoms with Crippen molar-refractivity contribution >= 4 is 11.6 Å². The van der Waals surface area contributed by atoms with Gasteiger partial charge in [0, 0.05) is 5.02 Å². The van der Waals surface area contributed by atoms with Gasteiger partial charge in [0.15, 0.2) is 0 Å². The van der Waals surface area contributed by atoms with Crippen molar-refractivity contribution in [2.45, 2.75) is 26.2 Å². The minimum atomic E-state index is 0.0375. The highest BCUT2D eigenvalue weighted by molar-refractivity contribution is 6.30. The number of aryl methyl sites for hydroxylation is 1. The van der Waals surface area contributed by atoms with Crippen LogP contribution < -0.4 is 4.74 Å². The van der Waals surface area contributed by atoms with Gasteiger partial charge in [-0.15, -0.1) is 0 Å². The van der Waals surface area contributed by atoms with Crippen LogP contribution in [-0.4, -0.2) is 18.3 Å². The Morgan fingerprint density at radius 1 is 1.40 bits per heavy atom. The molecule has 0 saturated carbocycles. The molecule has 0 unspecified atom stereocenters. The SMILES string of the molecule is CCCCc1cc(Cl)ccc1OCCO. The van der Waals surface area contributed by atoms with E-state index in [0.29, 0.717) is 6.61 Å².